The third-order valence-corrected chi connectivity index (χ3v) is 4.15. The lowest BCUT2D eigenvalue weighted by atomic mass is 10.2. The highest BCUT2D eigenvalue weighted by Gasteiger charge is 2.11. The highest BCUT2D eigenvalue weighted by molar-refractivity contribution is 7.80. The van der Waals surface area contributed by atoms with Crippen molar-refractivity contribution in [2.24, 2.45) is 0 Å². The largest absolute Gasteiger partial charge is 0.433 e. The van der Waals surface area contributed by atoms with Crippen molar-refractivity contribution >= 4 is 40.3 Å². The lowest BCUT2D eigenvalue weighted by Crippen LogP contribution is -2.19. The number of aromatic nitrogens is 2. The molecule has 1 aromatic heterocycles. The number of thiocarbonyl (C=S) groups is 1. The molecule has 10 heteroatoms. The molecule has 0 atom stereocenters. The van der Waals surface area contributed by atoms with Crippen molar-refractivity contribution in [3.8, 4) is 5.75 Å². The first-order valence-electron chi connectivity index (χ1n) is 7.99. The molecule has 0 saturated carbocycles. The van der Waals surface area contributed by atoms with Crippen molar-refractivity contribution < 1.29 is 17.9 Å². The normalized spacial score (nSPS) is 10.8. The fraction of sp³-hybridized carbons (Fsp3) is 0.111. The van der Waals surface area contributed by atoms with Gasteiger partial charge in [0.05, 0.1) is 24.1 Å². The van der Waals surface area contributed by atoms with Crippen molar-refractivity contribution in [3.05, 3.63) is 71.3 Å². The summed E-state index contributed by atoms with van der Waals surface area (Å²) < 4.78 is 44.1. The molecule has 0 aliphatic carbocycles. The molecule has 0 bridgehead atoms. The Bertz CT molecular complexity index is 983. The van der Waals surface area contributed by atoms with Gasteiger partial charge in [-0.2, -0.15) is 13.9 Å². The molecule has 28 heavy (non-hydrogen) atoms. The van der Waals surface area contributed by atoms with E-state index in [0.29, 0.717) is 28.5 Å². The van der Waals surface area contributed by atoms with Crippen molar-refractivity contribution in [2.45, 2.75) is 13.2 Å². The van der Waals surface area contributed by atoms with Crippen molar-refractivity contribution in [2.75, 3.05) is 10.6 Å². The first-order valence-corrected chi connectivity index (χ1v) is 8.77. The number of ether oxygens (including phenoxy) is 1. The molecular weight excluding hydrogens is 413 g/mol. The molecule has 0 fully saturated rings. The van der Waals surface area contributed by atoms with Crippen LogP contribution in [-0.4, -0.2) is 21.5 Å². The minimum atomic E-state index is -2.94. The molecule has 0 aliphatic rings. The topological polar surface area (TPSA) is 51.1 Å². The Morgan fingerprint density at radius 2 is 2.00 bits per heavy atom. The molecule has 0 aliphatic heterocycles. The van der Waals surface area contributed by atoms with Gasteiger partial charge in [-0.05, 0) is 42.0 Å². The second kappa shape index (κ2) is 8.94. The van der Waals surface area contributed by atoms with Gasteiger partial charge in [-0.1, -0.05) is 29.8 Å². The fourth-order valence-corrected chi connectivity index (χ4v) is 2.85. The van der Waals surface area contributed by atoms with E-state index in [4.69, 9.17) is 23.8 Å². The molecule has 0 spiro atoms. The zero-order chi connectivity index (χ0) is 20.1. The Balaban J connectivity index is 1.63. The van der Waals surface area contributed by atoms with E-state index in [9.17, 15) is 13.2 Å². The number of benzene rings is 2. The zero-order valence-electron chi connectivity index (χ0n) is 14.2. The van der Waals surface area contributed by atoms with Gasteiger partial charge in [0.15, 0.2) is 5.11 Å². The average molecular weight is 427 g/mol. The van der Waals surface area contributed by atoms with E-state index in [1.165, 1.54) is 24.4 Å². The second-order valence-corrected chi connectivity index (χ2v) is 6.43. The molecule has 5 nitrogen and oxygen atoms in total. The van der Waals surface area contributed by atoms with Gasteiger partial charge in [0.1, 0.15) is 11.6 Å². The summed E-state index contributed by atoms with van der Waals surface area (Å²) in [5.41, 5.74) is 1.57. The van der Waals surface area contributed by atoms with Crippen LogP contribution in [0.1, 0.15) is 5.56 Å². The number of para-hydroxylation sites is 2. The van der Waals surface area contributed by atoms with Crippen LogP contribution in [0.15, 0.2) is 54.9 Å². The Morgan fingerprint density at radius 3 is 2.75 bits per heavy atom. The SMILES string of the molecule is Fc1ccc(Cn2cc(NC(=S)Nc3ccccc3OC(F)F)cn2)c(Cl)c1. The molecule has 2 N–H and O–H groups in total. The summed E-state index contributed by atoms with van der Waals surface area (Å²) in [6.45, 7) is -2.60. The van der Waals surface area contributed by atoms with Crippen LogP contribution in [0.3, 0.4) is 0 Å². The van der Waals surface area contributed by atoms with E-state index in [1.807, 2.05) is 0 Å². The average Bonchev–Trinajstić information content (AvgIpc) is 3.05. The minimum Gasteiger partial charge on any atom is -0.433 e. The Labute approximate surface area is 169 Å². The van der Waals surface area contributed by atoms with E-state index in [1.54, 1.807) is 35.1 Å². The molecule has 146 valence electrons. The van der Waals surface area contributed by atoms with Crippen molar-refractivity contribution in [1.29, 1.82) is 0 Å². The molecule has 2 aromatic carbocycles. The predicted molar refractivity (Wildman–Crippen MR) is 106 cm³/mol. The smallest absolute Gasteiger partial charge is 0.387 e. The lowest BCUT2D eigenvalue weighted by Gasteiger charge is -2.13. The van der Waals surface area contributed by atoms with Crippen LogP contribution in [0, 0.1) is 5.82 Å². The monoisotopic (exact) mass is 426 g/mol. The molecule has 3 aromatic rings. The van der Waals surface area contributed by atoms with Gasteiger partial charge < -0.3 is 15.4 Å². The number of halogens is 4. The molecule has 3 rings (SSSR count). The van der Waals surface area contributed by atoms with Gasteiger partial charge in [-0.15, -0.1) is 0 Å². The Hall–Kier alpha value is -2.78. The van der Waals surface area contributed by atoms with Crippen molar-refractivity contribution in [3.63, 3.8) is 0 Å². The van der Waals surface area contributed by atoms with Crippen LogP contribution in [0.25, 0.3) is 0 Å². The third-order valence-electron chi connectivity index (χ3n) is 3.59. The number of nitrogens with zero attached hydrogens (tertiary/aromatic N) is 2. The number of hydrogen-bond donors (Lipinski definition) is 2. The van der Waals surface area contributed by atoms with Gasteiger partial charge in [0.25, 0.3) is 0 Å². The predicted octanol–water partition coefficient (Wildman–Crippen LogP) is 5.13. The fourth-order valence-electron chi connectivity index (χ4n) is 2.39. The summed E-state index contributed by atoms with van der Waals surface area (Å²) >= 11 is 11.2. The summed E-state index contributed by atoms with van der Waals surface area (Å²) in [6.07, 6.45) is 3.21. The summed E-state index contributed by atoms with van der Waals surface area (Å²) in [5, 5.41) is 10.4. The van der Waals surface area contributed by atoms with E-state index < -0.39 is 12.4 Å². The molecular formula is C18H14ClF3N4OS. The summed E-state index contributed by atoms with van der Waals surface area (Å²) in [5.74, 6) is -0.438. The summed E-state index contributed by atoms with van der Waals surface area (Å²) in [4.78, 5) is 0. The van der Waals surface area contributed by atoms with Crippen molar-refractivity contribution in [1.82, 2.24) is 9.78 Å². The summed E-state index contributed by atoms with van der Waals surface area (Å²) in [6, 6.07) is 10.3. The van der Waals surface area contributed by atoms with Crippen LogP contribution in [0.2, 0.25) is 5.02 Å². The maximum absolute atomic E-state index is 13.1. The standard InChI is InChI=1S/C18H14ClF3N4OS/c19-14-7-12(20)6-5-11(14)9-26-10-13(8-23-26)24-18(28)25-15-3-1-2-4-16(15)27-17(21)22/h1-8,10,17H,9H2,(H2,24,25,28). The van der Waals surface area contributed by atoms with Gasteiger partial charge >= 0.3 is 6.61 Å². The number of rotatable bonds is 6. The van der Waals surface area contributed by atoms with E-state index in [2.05, 4.69) is 20.5 Å². The van der Waals surface area contributed by atoms with Gasteiger partial charge in [-0.25, -0.2) is 4.39 Å². The maximum atomic E-state index is 13.1. The second-order valence-electron chi connectivity index (χ2n) is 5.62. The zero-order valence-corrected chi connectivity index (χ0v) is 15.8. The Morgan fingerprint density at radius 1 is 1.21 bits per heavy atom. The van der Waals surface area contributed by atoms with Crippen LogP contribution in [0.4, 0.5) is 24.5 Å². The van der Waals surface area contributed by atoms with E-state index in [-0.39, 0.29) is 10.9 Å². The quantitative estimate of drug-likeness (QED) is 0.535. The first-order chi connectivity index (χ1) is 13.4. The minimum absolute atomic E-state index is 0.0247. The molecule has 1 heterocycles. The van der Waals surface area contributed by atoms with Crippen LogP contribution in [0.5, 0.6) is 5.75 Å². The van der Waals surface area contributed by atoms with Crippen LogP contribution < -0.4 is 15.4 Å². The number of alkyl halides is 2. The molecule has 0 saturated heterocycles. The highest BCUT2D eigenvalue weighted by atomic mass is 35.5. The highest BCUT2D eigenvalue weighted by Crippen LogP contribution is 2.25. The molecule has 0 amide bonds. The van der Waals surface area contributed by atoms with Gasteiger partial charge in [0, 0.05) is 11.2 Å². The van der Waals surface area contributed by atoms with Gasteiger partial charge in [0.2, 0.25) is 0 Å². The van der Waals surface area contributed by atoms with E-state index in [0.717, 1.165) is 0 Å². The number of hydrogen-bond acceptors (Lipinski definition) is 3. The number of anilines is 2. The first kappa shape index (κ1) is 20.0. The molecule has 0 radical (unpaired) electrons. The maximum Gasteiger partial charge on any atom is 0.387 e. The van der Waals surface area contributed by atoms with E-state index >= 15 is 0 Å². The Kier molecular flexibility index (Phi) is 6.37. The number of nitrogens with one attached hydrogen (secondary N) is 2. The lowest BCUT2D eigenvalue weighted by molar-refractivity contribution is -0.0493. The third kappa shape index (κ3) is 5.37. The van der Waals surface area contributed by atoms with Gasteiger partial charge in [-0.3, -0.25) is 4.68 Å². The van der Waals surface area contributed by atoms with Crippen LogP contribution in [-0.2, 0) is 6.54 Å². The van der Waals surface area contributed by atoms with Crippen LogP contribution >= 0.6 is 23.8 Å². The summed E-state index contributed by atoms with van der Waals surface area (Å²) in [7, 11) is 0. The molecule has 0 unspecified atom stereocenters.